The molecule has 0 bridgehead atoms. The summed E-state index contributed by atoms with van der Waals surface area (Å²) < 4.78 is 10.7. The predicted octanol–water partition coefficient (Wildman–Crippen LogP) is 4.78. The Morgan fingerprint density at radius 2 is 1.71 bits per heavy atom. The molecule has 1 aliphatic carbocycles. The number of carbonyl (C=O) groups is 1. The fourth-order valence-electron chi connectivity index (χ4n) is 4.22. The van der Waals surface area contributed by atoms with Crippen LogP contribution in [0, 0.1) is 0 Å². The highest BCUT2D eigenvalue weighted by Crippen LogP contribution is 2.32. The van der Waals surface area contributed by atoms with Crippen LogP contribution in [-0.2, 0) is 6.54 Å². The van der Waals surface area contributed by atoms with Crippen molar-refractivity contribution in [2.24, 2.45) is 0 Å². The average molecular weight is 441 g/mol. The molecule has 7 heteroatoms. The Morgan fingerprint density at radius 1 is 1.06 bits per heavy atom. The van der Waals surface area contributed by atoms with Crippen LogP contribution in [0.25, 0.3) is 10.9 Å². The average Bonchev–Trinajstić information content (AvgIpc) is 3.31. The number of halogens is 1. The maximum atomic E-state index is 13.3. The van der Waals surface area contributed by atoms with Crippen LogP contribution in [0.2, 0.25) is 5.02 Å². The van der Waals surface area contributed by atoms with Crippen molar-refractivity contribution < 1.29 is 14.3 Å². The van der Waals surface area contributed by atoms with E-state index in [1.165, 1.54) is 0 Å². The van der Waals surface area contributed by atoms with Crippen LogP contribution in [0.15, 0.2) is 47.3 Å². The van der Waals surface area contributed by atoms with Crippen molar-refractivity contribution in [3.8, 4) is 11.5 Å². The first-order valence-corrected chi connectivity index (χ1v) is 10.7. The van der Waals surface area contributed by atoms with E-state index in [2.05, 4.69) is 4.98 Å². The summed E-state index contributed by atoms with van der Waals surface area (Å²) in [6.45, 7) is 0.242. The molecule has 1 saturated carbocycles. The number of nitrogens with one attached hydrogen (secondary N) is 1. The number of ether oxygens (including phenoxy) is 2. The number of methoxy groups -OCH3 is 2. The Bertz CT molecular complexity index is 1150. The Kier molecular flexibility index (Phi) is 6.18. The van der Waals surface area contributed by atoms with E-state index in [0.29, 0.717) is 33.2 Å². The third-order valence-electron chi connectivity index (χ3n) is 5.88. The van der Waals surface area contributed by atoms with E-state index < -0.39 is 0 Å². The molecule has 0 aliphatic heterocycles. The minimum absolute atomic E-state index is 0.0876. The molecule has 0 spiro atoms. The van der Waals surface area contributed by atoms with Gasteiger partial charge in [-0.2, -0.15) is 0 Å². The van der Waals surface area contributed by atoms with Gasteiger partial charge in [0.25, 0.3) is 11.5 Å². The fourth-order valence-corrected chi connectivity index (χ4v) is 4.35. The third kappa shape index (κ3) is 4.39. The van der Waals surface area contributed by atoms with Gasteiger partial charge in [0.2, 0.25) is 0 Å². The van der Waals surface area contributed by atoms with E-state index >= 15 is 0 Å². The first kappa shape index (κ1) is 21.2. The van der Waals surface area contributed by atoms with E-state index in [9.17, 15) is 9.59 Å². The van der Waals surface area contributed by atoms with Gasteiger partial charge in [-0.1, -0.05) is 24.4 Å². The lowest BCUT2D eigenvalue weighted by atomic mass is 10.1. The summed E-state index contributed by atoms with van der Waals surface area (Å²) in [5.41, 5.74) is 1.54. The smallest absolute Gasteiger partial charge is 0.254 e. The van der Waals surface area contributed by atoms with Crippen LogP contribution < -0.4 is 15.0 Å². The molecule has 1 heterocycles. The highest BCUT2D eigenvalue weighted by Gasteiger charge is 2.28. The van der Waals surface area contributed by atoms with Crippen LogP contribution >= 0.6 is 11.6 Å². The molecule has 1 N–H and O–H groups in total. The monoisotopic (exact) mass is 440 g/mol. The van der Waals surface area contributed by atoms with Gasteiger partial charge in [0.1, 0.15) is 0 Å². The van der Waals surface area contributed by atoms with Crippen molar-refractivity contribution in [1.82, 2.24) is 9.88 Å². The zero-order valence-corrected chi connectivity index (χ0v) is 18.4. The van der Waals surface area contributed by atoms with Gasteiger partial charge in [-0.05, 0) is 49.2 Å². The van der Waals surface area contributed by atoms with Gasteiger partial charge in [-0.3, -0.25) is 9.59 Å². The summed E-state index contributed by atoms with van der Waals surface area (Å²) in [6.07, 6.45) is 4.05. The molecule has 1 fully saturated rings. The summed E-state index contributed by atoms with van der Waals surface area (Å²) in [7, 11) is 3.13. The van der Waals surface area contributed by atoms with Crippen molar-refractivity contribution >= 4 is 28.4 Å². The lowest BCUT2D eigenvalue weighted by molar-refractivity contribution is 0.0664. The van der Waals surface area contributed by atoms with Crippen molar-refractivity contribution in [3.05, 3.63) is 69.0 Å². The maximum absolute atomic E-state index is 13.3. The van der Waals surface area contributed by atoms with Crippen LogP contribution in [0.4, 0.5) is 0 Å². The number of hydrogen-bond acceptors (Lipinski definition) is 4. The number of carbonyl (C=O) groups excluding carboxylic acids is 1. The van der Waals surface area contributed by atoms with Crippen LogP contribution in [0.1, 0.15) is 41.6 Å². The molecule has 6 nitrogen and oxygen atoms in total. The van der Waals surface area contributed by atoms with E-state index in [-0.39, 0.29) is 24.1 Å². The fraction of sp³-hybridized carbons (Fsp3) is 0.333. The number of nitrogens with zero attached hydrogens (tertiary/aromatic N) is 1. The first-order valence-electron chi connectivity index (χ1n) is 10.3. The molecule has 162 valence electrons. The number of aromatic amines is 1. The van der Waals surface area contributed by atoms with Crippen LogP contribution in [-0.4, -0.2) is 36.1 Å². The van der Waals surface area contributed by atoms with Gasteiger partial charge in [-0.25, -0.2) is 0 Å². The van der Waals surface area contributed by atoms with E-state index in [0.717, 1.165) is 31.1 Å². The van der Waals surface area contributed by atoms with Crippen LogP contribution in [0.3, 0.4) is 0 Å². The molecule has 2 aromatic carbocycles. The number of amides is 1. The summed E-state index contributed by atoms with van der Waals surface area (Å²) in [4.78, 5) is 30.9. The summed E-state index contributed by atoms with van der Waals surface area (Å²) in [5.74, 6) is 1.04. The second kappa shape index (κ2) is 9.02. The van der Waals surface area contributed by atoms with Crippen molar-refractivity contribution in [2.75, 3.05) is 14.2 Å². The Hall–Kier alpha value is -2.99. The minimum atomic E-state index is -0.216. The van der Waals surface area contributed by atoms with Crippen molar-refractivity contribution in [2.45, 2.75) is 38.3 Å². The summed E-state index contributed by atoms with van der Waals surface area (Å²) in [5, 5.41) is 1.40. The number of rotatable bonds is 6. The standard InChI is InChI=1S/C24H25ClN2O4/c1-30-21-12-16-11-17(23(28)26-20(16)13-22(21)31-2)14-27(19-5-3-4-6-19)24(29)15-7-9-18(25)10-8-15/h7-13,19H,3-6,14H2,1-2H3,(H,26,28). The van der Waals surface area contributed by atoms with Crippen LogP contribution in [0.5, 0.6) is 11.5 Å². The SMILES string of the molecule is COc1cc2cc(CN(C(=O)c3ccc(Cl)cc3)C3CCCC3)c(=O)[nH]c2cc1OC. The molecule has 1 aliphatic rings. The summed E-state index contributed by atoms with van der Waals surface area (Å²) >= 11 is 5.99. The maximum Gasteiger partial charge on any atom is 0.254 e. The van der Waals surface area contributed by atoms with Gasteiger partial charge in [0.15, 0.2) is 11.5 Å². The zero-order valence-electron chi connectivity index (χ0n) is 17.6. The number of benzene rings is 2. The lowest BCUT2D eigenvalue weighted by Gasteiger charge is -2.29. The Morgan fingerprint density at radius 3 is 2.35 bits per heavy atom. The van der Waals surface area contributed by atoms with E-state index in [1.54, 1.807) is 44.6 Å². The normalized spacial score (nSPS) is 14.0. The zero-order chi connectivity index (χ0) is 22.0. The van der Waals surface area contributed by atoms with Gasteiger partial charge in [0.05, 0.1) is 26.3 Å². The van der Waals surface area contributed by atoms with E-state index in [4.69, 9.17) is 21.1 Å². The first-order chi connectivity index (χ1) is 15.0. The number of fused-ring (bicyclic) bond motifs is 1. The molecular weight excluding hydrogens is 416 g/mol. The molecule has 0 unspecified atom stereocenters. The molecule has 0 saturated heterocycles. The largest absolute Gasteiger partial charge is 0.493 e. The molecule has 31 heavy (non-hydrogen) atoms. The van der Waals surface area contributed by atoms with Gasteiger partial charge in [-0.15, -0.1) is 0 Å². The number of hydrogen-bond donors (Lipinski definition) is 1. The number of pyridine rings is 1. The molecule has 1 aromatic heterocycles. The highest BCUT2D eigenvalue weighted by atomic mass is 35.5. The van der Waals surface area contributed by atoms with Gasteiger partial charge >= 0.3 is 0 Å². The van der Waals surface area contributed by atoms with Crippen molar-refractivity contribution in [3.63, 3.8) is 0 Å². The lowest BCUT2D eigenvalue weighted by Crippen LogP contribution is -2.39. The number of H-pyrrole nitrogens is 1. The van der Waals surface area contributed by atoms with Gasteiger partial charge < -0.3 is 19.4 Å². The summed E-state index contributed by atoms with van der Waals surface area (Å²) in [6, 6.07) is 12.4. The molecule has 3 aromatic rings. The quantitative estimate of drug-likeness (QED) is 0.598. The molecule has 1 amide bonds. The highest BCUT2D eigenvalue weighted by molar-refractivity contribution is 6.30. The third-order valence-corrected chi connectivity index (χ3v) is 6.14. The predicted molar refractivity (Wildman–Crippen MR) is 121 cm³/mol. The molecule has 0 atom stereocenters. The second-order valence-electron chi connectivity index (χ2n) is 7.80. The molecular formula is C24H25ClN2O4. The number of aromatic nitrogens is 1. The van der Waals surface area contributed by atoms with E-state index in [1.807, 2.05) is 17.0 Å². The van der Waals surface area contributed by atoms with Crippen molar-refractivity contribution in [1.29, 1.82) is 0 Å². The topological polar surface area (TPSA) is 71.6 Å². The second-order valence-corrected chi connectivity index (χ2v) is 8.23. The molecule has 4 rings (SSSR count). The minimum Gasteiger partial charge on any atom is -0.493 e. The molecule has 0 radical (unpaired) electrons. The Balaban J connectivity index is 1.71. The Labute approximate surface area is 185 Å². The van der Waals surface area contributed by atoms with Gasteiger partial charge in [0, 0.05) is 33.6 Å².